The summed E-state index contributed by atoms with van der Waals surface area (Å²) in [5, 5.41) is 144. The summed E-state index contributed by atoms with van der Waals surface area (Å²) in [6, 6.07) is -1.29. The summed E-state index contributed by atoms with van der Waals surface area (Å²) in [5.74, 6) is -2.09. The molecule has 4 rings (SSSR count). The Morgan fingerprint density at radius 2 is 1.00 bits per heavy atom. The molecule has 4 heterocycles. The van der Waals surface area contributed by atoms with Gasteiger partial charge in [-0.1, -0.05) is 0 Å². The molecule has 4 amide bonds. The predicted molar refractivity (Wildman–Crippen MR) is 228 cm³/mol. The number of carbonyl (C=O) groups is 4. The molecule has 4 fully saturated rings. The van der Waals surface area contributed by atoms with Gasteiger partial charge in [-0.05, 0) is 33.1 Å². The Labute approximate surface area is 401 Å². The molecule has 0 aromatic carbocycles. The number of hydrogen-bond donors (Lipinski definition) is 17. The summed E-state index contributed by atoms with van der Waals surface area (Å²) in [7, 11) is 0. The van der Waals surface area contributed by atoms with Crippen LogP contribution in [0, 0.1) is 0 Å². The molecule has 4 aliphatic heterocycles. The third-order valence-electron chi connectivity index (χ3n) is 12.0. The highest BCUT2D eigenvalue weighted by Crippen LogP contribution is 2.31. The molecule has 21 atom stereocenters. The maximum Gasteiger partial charge on any atom is 0.242 e. The quantitative estimate of drug-likeness (QED) is 0.0358. The smallest absolute Gasteiger partial charge is 0.242 e. The number of ether oxygens (including phenoxy) is 8. The van der Waals surface area contributed by atoms with E-state index in [0.29, 0.717) is 19.4 Å². The lowest BCUT2D eigenvalue weighted by atomic mass is 9.96. The first kappa shape index (κ1) is 59.6. The molecule has 70 heavy (non-hydrogen) atoms. The van der Waals surface area contributed by atoms with Crippen molar-refractivity contribution < 1.29 is 123 Å². The molecule has 1 unspecified atom stereocenters. The molecule has 4 aliphatic rings. The molecule has 0 saturated carbocycles. The number of aliphatic hydroxyl groups is 13. The minimum Gasteiger partial charge on any atom is -0.394 e. The fourth-order valence-corrected chi connectivity index (χ4v) is 7.81. The Morgan fingerprint density at radius 1 is 0.514 bits per heavy atom. The predicted octanol–water partition coefficient (Wildman–Crippen LogP) is -9.51. The molecule has 0 aromatic heterocycles. The topological polar surface area (TPSA) is 453 Å². The van der Waals surface area contributed by atoms with E-state index in [0.717, 1.165) is 0 Å². The van der Waals surface area contributed by atoms with Crippen LogP contribution in [-0.2, 0) is 57.1 Å². The maximum atomic E-state index is 13.5. The summed E-state index contributed by atoms with van der Waals surface area (Å²) >= 11 is 0. The number of unbranched alkanes of at least 4 members (excludes halogenated alkanes) is 1. The average molecular weight is 1020 g/mol. The van der Waals surface area contributed by atoms with Gasteiger partial charge in [0.2, 0.25) is 23.6 Å². The Hall–Kier alpha value is -2.96. The van der Waals surface area contributed by atoms with Gasteiger partial charge in [-0.25, -0.2) is 0 Å². The van der Waals surface area contributed by atoms with Crippen molar-refractivity contribution in [3.63, 3.8) is 0 Å². The Kier molecular flexibility index (Phi) is 24.7. The van der Waals surface area contributed by atoms with E-state index in [2.05, 4.69) is 21.3 Å². The molecule has 0 radical (unpaired) electrons. The van der Waals surface area contributed by atoms with E-state index < -0.39 is 173 Å². The van der Waals surface area contributed by atoms with Gasteiger partial charge in [0.05, 0.1) is 39.1 Å². The zero-order valence-electron chi connectivity index (χ0n) is 38.7. The lowest BCUT2D eigenvalue weighted by Gasteiger charge is -2.46. The second-order valence-electron chi connectivity index (χ2n) is 17.2. The van der Waals surface area contributed by atoms with E-state index in [1.54, 1.807) is 6.92 Å². The van der Waals surface area contributed by atoms with Gasteiger partial charge in [0.25, 0.3) is 0 Å². The van der Waals surface area contributed by atoms with Gasteiger partial charge >= 0.3 is 0 Å². The van der Waals surface area contributed by atoms with Crippen molar-refractivity contribution in [2.75, 3.05) is 52.7 Å². The highest BCUT2D eigenvalue weighted by molar-refractivity contribution is 5.88. The first-order chi connectivity index (χ1) is 33.2. The minimum atomic E-state index is -1.98. The van der Waals surface area contributed by atoms with Gasteiger partial charge in [-0.3, -0.25) is 19.2 Å². The highest BCUT2D eigenvalue weighted by atomic mass is 16.8. The van der Waals surface area contributed by atoms with Crippen molar-refractivity contribution in [1.82, 2.24) is 21.3 Å². The normalized spacial score (nSPS) is 38.3. The molecule has 0 bridgehead atoms. The summed E-state index contributed by atoms with van der Waals surface area (Å²) in [6.45, 7) is 0.274. The van der Waals surface area contributed by atoms with E-state index in [1.165, 1.54) is 6.92 Å². The third-order valence-corrected chi connectivity index (χ3v) is 12.0. The van der Waals surface area contributed by atoms with E-state index in [4.69, 9.17) is 37.9 Å². The Morgan fingerprint density at radius 3 is 1.59 bits per heavy atom. The van der Waals surface area contributed by atoms with Crippen LogP contribution in [0.5, 0.6) is 0 Å². The summed E-state index contributed by atoms with van der Waals surface area (Å²) in [4.78, 5) is 51.1. The van der Waals surface area contributed by atoms with Crippen LogP contribution in [0.1, 0.15) is 52.4 Å². The van der Waals surface area contributed by atoms with Gasteiger partial charge in [-0.2, -0.15) is 0 Å². The third kappa shape index (κ3) is 16.5. The van der Waals surface area contributed by atoms with Crippen molar-refractivity contribution in [3.8, 4) is 0 Å². The molecule has 0 aromatic rings. The fourth-order valence-electron chi connectivity index (χ4n) is 7.81. The van der Waals surface area contributed by atoms with Crippen LogP contribution < -0.4 is 21.3 Å². The van der Waals surface area contributed by atoms with E-state index >= 15 is 0 Å². The van der Waals surface area contributed by atoms with Crippen molar-refractivity contribution in [2.45, 2.75) is 181 Å². The number of rotatable bonds is 26. The zero-order valence-corrected chi connectivity index (χ0v) is 38.7. The Bertz CT molecular complexity index is 1610. The van der Waals surface area contributed by atoms with Gasteiger partial charge < -0.3 is 126 Å². The van der Waals surface area contributed by atoms with Crippen molar-refractivity contribution in [2.24, 2.45) is 0 Å². The fraction of sp³-hybridized carbons (Fsp3) is 0.902. The summed E-state index contributed by atoms with van der Waals surface area (Å²) in [6.07, 6.45) is -32.8. The van der Waals surface area contributed by atoms with E-state index in [1.807, 2.05) is 0 Å². The average Bonchev–Trinajstić information content (AvgIpc) is 3.33. The molecule has 4 saturated heterocycles. The van der Waals surface area contributed by atoms with Gasteiger partial charge in [0, 0.05) is 38.9 Å². The van der Waals surface area contributed by atoms with Gasteiger partial charge in [0.15, 0.2) is 25.2 Å². The molecule has 0 spiro atoms. The van der Waals surface area contributed by atoms with Crippen LogP contribution in [0.15, 0.2) is 0 Å². The Balaban J connectivity index is 1.38. The molecular weight excluding hydrogens is 948 g/mol. The SMILES string of the molecule is CCNC(=O)CCCCC(=O)NC(CCC(=O)NCCO[C@@H]1O[C@@H](C)[C@@H](O)[C@@H](O)[C@@H]1O)C(=O)NCCO[C@H]1O[C@H](CO[C@H]2O[C@H](CO)[C@@H](O)[C@H](O)[C@@H]2O)[C@@H](O)[C@H](O[C@H]2O[C@H](CO)[C@@H](O)[C@H](O)[C@@H]2O)[C@@H]1O. The second kappa shape index (κ2) is 29.1. The summed E-state index contributed by atoms with van der Waals surface area (Å²) < 4.78 is 44.2. The number of hydrogen-bond acceptors (Lipinski definition) is 25. The summed E-state index contributed by atoms with van der Waals surface area (Å²) in [5.41, 5.74) is 0. The first-order valence-electron chi connectivity index (χ1n) is 23.2. The van der Waals surface area contributed by atoms with Crippen molar-refractivity contribution >= 4 is 23.6 Å². The van der Waals surface area contributed by atoms with Crippen LogP contribution in [-0.4, -0.2) is 272 Å². The minimum absolute atomic E-state index is 0.0638. The monoisotopic (exact) mass is 1020 g/mol. The number of aliphatic hydroxyl groups excluding tert-OH is 13. The van der Waals surface area contributed by atoms with Gasteiger partial charge in [-0.15, -0.1) is 0 Å². The first-order valence-corrected chi connectivity index (χ1v) is 23.2. The molecular formula is C41H72N4O25. The maximum absolute atomic E-state index is 13.5. The van der Waals surface area contributed by atoms with Crippen LogP contribution in [0.4, 0.5) is 0 Å². The molecule has 17 N–H and O–H groups in total. The number of amides is 4. The molecule has 29 heteroatoms. The lowest BCUT2D eigenvalue weighted by molar-refractivity contribution is -0.366. The van der Waals surface area contributed by atoms with Crippen LogP contribution >= 0.6 is 0 Å². The van der Waals surface area contributed by atoms with Crippen LogP contribution in [0.2, 0.25) is 0 Å². The highest BCUT2D eigenvalue weighted by Gasteiger charge is 2.52. The van der Waals surface area contributed by atoms with E-state index in [-0.39, 0.29) is 51.3 Å². The zero-order chi connectivity index (χ0) is 51.8. The largest absolute Gasteiger partial charge is 0.394 e. The second-order valence-corrected chi connectivity index (χ2v) is 17.2. The standard InChI is InChI=1S/C41H72N4O25/c1-3-42-22(48)6-4-5-7-24(50)45-18(8-9-23(49)43-10-12-63-38-32(58)29(55)25(51)17(2)66-38)37(62)44-11-13-64-40-35(61)36(70-41-34(60)31(57)27(53)20(15-47)68-41)28(54)21(69-40)16-65-39-33(59)30(56)26(52)19(14-46)67-39/h17-21,25-36,38-41,46-47,51-61H,3-16H2,1-2H3,(H,42,48)(H,43,49)(H,44,62)(H,45,50)/t17-,18?,19+,20+,21+,25+,26+,27+,28+,29+,30-,31-,32-,33-,34-,35-,36-,38+,39-,40-,41+/m0/s1. The van der Waals surface area contributed by atoms with Crippen molar-refractivity contribution in [3.05, 3.63) is 0 Å². The van der Waals surface area contributed by atoms with Gasteiger partial charge in [0.1, 0.15) is 97.6 Å². The van der Waals surface area contributed by atoms with E-state index in [9.17, 15) is 85.6 Å². The number of nitrogens with one attached hydrogen (secondary N) is 4. The molecule has 406 valence electrons. The van der Waals surface area contributed by atoms with Crippen LogP contribution in [0.25, 0.3) is 0 Å². The number of carbonyl (C=O) groups excluding carboxylic acids is 4. The van der Waals surface area contributed by atoms with Crippen LogP contribution in [0.3, 0.4) is 0 Å². The lowest BCUT2D eigenvalue weighted by Crippen LogP contribution is -2.65. The molecule has 0 aliphatic carbocycles. The van der Waals surface area contributed by atoms with Crippen molar-refractivity contribution in [1.29, 1.82) is 0 Å². The molecule has 29 nitrogen and oxygen atoms in total.